The van der Waals surface area contributed by atoms with Crippen LogP contribution < -0.4 is 20.2 Å². The Morgan fingerprint density at radius 3 is 2.54 bits per heavy atom. The van der Waals surface area contributed by atoms with Crippen molar-refractivity contribution in [3.63, 3.8) is 0 Å². The fraction of sp³-hybridized carbons (Fsp3) is 0.143. The Hall–Kier alpha value is -3.86. The van der Waals surface area contributed by atoms with E-state index in [0.29, 0.717) is 44.8 Å². The maximum absolute atomic E-state index is 13.0. The Morgan fingerprint density at radius 1 is 1.05 bits per heavy atom. The summed E-state index contributed by atoms with van der Waals surface area (Å²) in [7, 11) is 0. The number of benzene rings is 3. The minimum Gasteiger partial charge on any atom is -0.490 e. The largest absolute Gasteiger partial charge is 0.490 e. The second-order valence-electron chi connectivity index (χ2n) is 8.31. The number of halogens is 1. The molecule has 0 aromatic heterocycles. The van der Waals surface area contributed by atoms with Gasteiger partial charge in [0, 0.05) is 16.3 Å². The third kappa shape index (κ3) is 7.38. The number of thioether (sulfide) groups is 1. The van der Waals surface area contributed by atoms with Crippen molar-refractivity contribution in [3.8, 4) is 11.5 Å². The van der Waals surface area contributed by atoms with Gasteiger partial charge in [0.1, 0.15) is 0 Å². The van der Waals surface area contributed by atoms with Crippen LogP contribution in [0.15, 0.2) is 71.6 Å². The van der Waals surface area contributed by atoms with Crippen molar-refractivity contribution >= 4 is 69.4 Å². The molecule has 0 bridgehead atoms. The smallest absolute Gasteiger partial charge is 0.285 e. The fourth-order valence-corrected chi connectivity index (χ4v) is 4.85. The lowest BCUT2D eigenvalue weighted by Gasteiger charge is -2.15. The van der Waals surface area contributed by atoms with Gasteiger partial charge in [-0.05, 0) is 91.8 Å². The lowest BCUT2D eigenvalue weighted by molar-refractivity contribution is -0.123. The number of ether oxygens (including phenoxy) is 2. The van der Waals surface area contributed by atoms with Gasteiger partial charge in [0.25, 0.3) is 17.7 Å². The zero-order chi connectivity index (χ0) is 27.9. The van der Waals surface area contributed by atoms with Gasteiger partial charge in [-0.25, -0.2) is 0 Å². The van der Waals surface area contributed by atoms with E-state index < -0.39 is 11.8 Å². The van der Waals surface area contributed by atoms with Gasteiger partial charge in [0.15, 0.2) is 22.4 Å². The first kappa shape index (κ1) is 28.2. The number of nitrogens with zero attached hydrogens (tertiary/aromatic N) is 1. The van der Waals surface area contributed by atoms with Crippen molar-refractivity contribution in [1.82, 2.24) is 10.4 Å². The first-order valence-electron chi connectivity index (χ1n) is 11.8. The van der Waals surface area contributed by atoms with E-state index in [2.05, 4.69) is 10.7 Å². The summed E-state index contributed by atoms with van der Waals surface area (Å²) in [5, 5.41) is 4.33. The molecule has 4 rings (SSSR count). The molecule has 3 aromatic rings. The summed E-state index contributed by atoms with van der Waals surface area (Å²) < 4.78 is 11.6. The molecule has 8 nitrogen and oxygen atoms in total. The zero-order valence-corrected chi connectivity index (χ0v) is 23.4. The van der Waals surface area contributed by atoms with Crippen LogP contribution in [0.4, 0.5) is 5.69 Å². The number of aryl methyl sites for hydroxylation is 1. The van der Waals surface area contributed by atoms with E-state index in [-0.39, 0.29) is 16.8 Å². The lowest BCUT2D eigenvalue weighted by Crippen LogP contribution is -2.44. The second kappa shape index (κ2) is 12.8. The van der Waals surface area contributed by atoms with Crippen molar-refractivity contribution in [2.75, 3.05) is 18.5 Å². The van der Waals surface area contributed by atoms with Crippen LogP contribution in [0.3, 0.4) is 0 Å². The highest BCUT2D eigenvalue weighted by molar-refractivity contribution is 8.26. The van der Waals surface area contributed by atoms with Crippen molar-refractivity contribution < 1.29 is 23.9 Å². The van der Waals surface area contributed by atoms with Crippen LogP contribution in [0.1, 0.15) is 28.4 Å². The summed E-state index contributed by atoms with van der Waals surface area (Å²) in [5.74, 6) is -0.456. The van der Waals surface area contributed by atoms with Crippen LogP contribution in [-0.4, -0.2) is 40.3 Å². The number of amides is 3. The van der Waals surface area contributed by atoms with Gasteiger partial charge in [-0.15, -0.1) is 0 Å². The molecule has 1 heterocycles. The number of hydrogen-bond donors (Lipinski definition) is 2. The van der Waals surface area contributed by atoms with Crippen molar-refractivity contribution in [2.24, 2.45) is 0 Å². The molecule has 0 saturated carbocycles. The van der Waals surface area contributed by atoms with Crippen LogP contribution in [0.5, 0.6) is 11.5 Å². The number of hydrazine groups is 1. The van der Waals surface area contributed by atoms with Crippen LogP contribution >= 0.6 is 35.6 Å². The normalized spacial score (nSPS) is 13.9. The third-order valence-electron chi connectivity index (χ3n) is 5.34. The van der Waals surface area contributed by atoms with Crippen molar-refractivity contribution in [2.45, 2.75) is 13.8 Å². The molecule has 3 amide bonds. The number of thiocarbonyl (C=S) groups is 1. The number of carbonyl (C=O) groups is 3. The number of anilines is 1. The van der Waals surface area contributed by atoms with E-state index in [4.69, 9.17) is 33.3 Å². The van der Waals surface area contributed by atoms with Gasteiger partial charge in [-0.3, -0.25) is 19.8 Å². The molecule has 39 heavy (non-hydrogen) atoms. The van der Waals surface area contributed by atoms with Crippen LogP contribution in [0.25, 0.3) is 6.08 Å². The highest BCUT2D eigenvalue weighted by Gasteiger charge is 2.33. The fourth-order valence-electron chi connectivity index (χ4n) is 3.55. The van der Waals surface area contributed by atoms with Crippen molar-refractivity contribution in [3.05, 3.63) is 93.3 Å². The average molecular weight is 582 g/mol. The minimum atomic E-state index is -0.490. The van der Waals surface area contributed by atoms with Crippen LogP contribution in [0, 0.1) is 6.92 Å². The van der Waals surface area contributed by atoms with E-state index in [1.165, 1.54) is 0 Å². The minimum absolute atomic E-state index is 0.193. The Bertz CT molecular complexity index is 1460. The number of hydrogen-bond acceptors (Lipinski definition) is 7. The standard InChI is InChI=1S/C28H24ClN3O5S2/c1-3-36-23-14-18(7-12-22(23)37-16-25(33)30-21-6-4-5-17(2)13-21)15-24-27(35)32(28(38)39-24)31-26(34)19-8-10-20(29)11-9-19/h4-15H,3,16H2,1-2H3,(H,30,33)(H,31,34)/b24-15+. The molecule has 1 saturated heterocycles. The van der Waals surface area contributed by atoms with E-state index >= 15 is 0 Å². The SMILES string of the molecule is CCOc1cc(/C=C2/SC(=S)N(NC(=O)c3ccc(Cl)cc3)C2=O)ccc1OCC(=O)Nc1cccc(C)c1. The summed E-state index contributed by atoms with van der Waals surface area (Å²) in [5.41, 5.74) is 5.24. The maximum Gasteiger partial charge on any atom is 0.285 e. The lowest BCUT2D eigenvalue weighted by atomic mass is 10.2. The Morgan fingerprint density at radius 2 is 1.82 bits per heavy atom. The number of nitrogens with one attached hydrogen (secondary N) is 2. The Kier molecular flexibility index (Phi) is 9.23. The molecule has 200 valence electrons. The van der Waals surface area contributed by atoms with Gasteiger partial charge < -0.3 is 14.8 Å². The average Bonchev–Trinajstić information content (AvgIpc) is 3.16. The molecule has 1 fully saturated rings. The molecule has 0 atom stereocenters. The predicted molar refractivity (Wildman–Crippen MR) is 157 cm³/mol. The Labute approximate surface area is 240 Å². The molecule has 0 unspecified atom stereocenters. The third-order valence-corrected chi connectivity index (χ3v) is 6.89. The molecule has 0 radical (unpaired) electrons. The zero-order valence-electron chi connectivity index (χ0n) is 21.0. The summed E-state index contributed by atoms with van der Waals surface area (Å²) >= 11 is 12.2. The summed E-state index contributed by atoms with van der Waals surface area (Å²) in [6, 6.07) is 18.8. The van der Waals surface area contributed by atoms with Gasteiger partial charge in [0.2, 0.25) is 0 Å². The number of rotatable bonds is 9. The molecule has 0 spiro atoms. The molecule has 1 aliphatic heterocycles. The topological polar surface area (TPSA) is 97.0 Å². The number of carbonyl (C=O) groups excluding carboxylic acids is 3. The molecule has 1 aliphatic rings. The van der Waals surface area contributed by atoms with Gasteiger partial charge >= 0.3 is 0 Å². The molecular formula is C28H24ClN3O5S2. The second-order valence-corrected chi connectivity index (χ2v) is 10.4. The highest BCUT2D eigenvalue weighted by Crippen LogP contribution is 2.34. The van der Waals surface area contributed by atoms with Crippen molar-refractivity contribution in [1.29, 1.82) is 0 Å². The van der Waals surface area contributed by atoms with E-state index in [9.17, 15) is 14.4 Å². The molecule has 3 aromatic carbocycles. The molecule has 2 N–H and O–H groups in total. The summed E-state index contributed by atoms with van der Waals surface area (Å²) in [6.45, 7) is 3.93. The first-order valence-corrected chi connectivity index (χ1v) is 13.4. The highest BCUT2D eigenvalue weighted by atomic mass is 35.5. The maximum atomic E-state index is 13.0. The van der Waals surface area contributed by atoms with Gasteiger partial charge in [-0.2, -0.15) is 5.01 Å². The quantitative estimate of drug-likeness (QED) is 0.250. The van der Waals surface area contributed by atoms with Crippen LogP contribution in [-0.2, 0) is 9.59 Å². The van der Waals surface area contributed by atoms with E-state index in [1.54, 1.807) is 54.6 Å². The Balaban J connectivity index is 1.43. The van der Waals surface area contributed by atoms with Gasteiger partial charge in [0.05, 0.1) is 11.5 Å². The van der Waals surface area contributed by atoms with Gasteiger partial charge in [-0.1, -0.05) is 41.6 Å². The van der Waals surface area contributed by atoms with Crippen LogP contribution in [0.2, 0.25) is 5.02 Å². The first-order chi connectivity index (χ1) is 18.7. The molecule has 11 heteroatoms. The van der Waals surface area contributed by atoms with E-state index in [0.717, 1.165) is 22.3 Å². The predicted octanol–water partition coefficient (Wildman–Crippen LogP) is 5.61. The molecular weight excluding hydrogens is 558 g/mol. The summed E-state index contributed by atoms with van der Waals surface area (Å²) in [6.07, 6.45) is 1.64. The summed E-state index contributed by atoms with van der Waals surface area (Å²) in [4.78, 5) is 38.2. The van der Waals surface area contributed by atoms with E-state index in [1.807, 2.05) is 32.0 Å². The monoisotopic (exact) mass is 581 g/mol. The molecule has 0 aliphatic carbocycles.